The fraction of sp³-hybridized carbons (Fsp3) is 0.263. The van der Waals surface area contributed by atoms with Crippen molar-refractivity contribution >= 4 is 28.3 Å². The smallest absolute Gasteiger partial charge is 0.323 e. The molecule has 0 bridgehead atoms. The Kier molecular flexibility index (Phi) is 4.51. The molecule has 0 radical (unpaired) electrons. The lowest BCUT2D eigenvalue weighted by Crippen LogP contribution is -2.19. The summed E-state index contributed by atoms with van der Waals surface area (Å²) in [5.74, 6) is 0. The first kappa shape index (κ1) is 16.1. The van der Waals surface area contributed by atoms with E-state index in [1.54, 1.807) is 18.5 Å². The Morgan fingerprint density at radius 2 is 2.00 bits per heavy atom. The van der Waals surface area contributed by atoms with E-state index in [0.717, 1.165) is 29.6 Å². The minimum Gasteiger partial charge on any atom is -0.345 e. The summed E-state index contributed by atoms with van der Waals surface area (Å²) in [6, 6.07) is 9.37. The predicted molar refractivity (Wildman–Crippen MR) is 98.6 cm³/mol. The van der Waals surface area contributed by atoms with E-state index in [1.165, 1.54) is 11.3 Å². The van der Waals surface area contributed by atoms with Crippen molar-refractivity contribution in [2.45, 2.75) is 33.7 Å². The first-order valence-corrected chi connectivity index (χ1v) is 8.24. The third-order valence-electron chi connectivity index (χ3n) is 4.31. The molecule has 24 heavy (non-hydrogen) atoms. The van der Waals surface area contributed by atoms with Crippen molar-refractivity contribution in [3.8, 4) is 0 Å². The zero-order valence-corrected chi connectivity index (χ0v) is 14.3. The van der Waals surface area contributed by atoms with Gasteiger partial charge in [0.2, 0.25) is 0 Å². The summed E-state index contributed by atoms with van der Waals surface area (Å²) in [4.78, 5) is 16.3. The minimum absolute atomic E-state index is 0.264. The highest BCUT2D eigenvalue weighted by Crippen LogP contribution is 2.32. The molecule has 0 saturated carbocycles. The van der Waals surface area contributed by atoms with Crippen LogP contribution >= 0.6 is 0 Å². The van der Waals surface area contributed by atoms with Gasteiger partial charge in [-0.2, -0.15) is 0 Å². The SMILES string of the molecule is CCc1c(C)n(CC)c2cccc(NC(=O)Nc3cccnc3)c12. The molecule has 0 aliphatic heterocycles. The number of carbonyl (C=O) groups excluding carboxylic acids is 1. The summed E-state index contributed by atoms with van der Waals surface area (Å²) < 4.78 is 2.29. The summed E-state index contributed by atoms with van der Waals surface area (Å²) in [5.41, 5.74) is 5.20. The Morgan fingerprint density at radius 1 is 1.17 bits per heavy atom. The van der Waals surface area contributed by atoms with Crippen LogP contribution in [0.25, 0.3) is 10.9 Å². The fourth-order valence-electron chi connectivity index (χ4n) is 3.27. The number of hydrogen-bond acceptors (Lipinski definition) is 2. The second-order valence-electron chi connectivity index (χ2n) is 5.68. The molecule has 1 aromatic carbocycles. The van der Waals surface area contributed by atoms with Gasteiger partial charge in [-0.05, 0) is 50.1 Å². The Morgan fingerprint density at radius 3 is 2.67 bits per heavy atom. The second kappa shape index (κ2) is 6.74. The van der Waals surface area contributed by atoms with Crippen molar-refractivity contribution in [2.24, 2.45) is 0 Å². The first-order chi connectivity index (χ1) is 11.7. The molecule has 0 unspecified atom stereocenters. The van der Waals surface area contributed by atoms with Gasteiger partial charge >= 0.3 is 6.03 Å². The van der Waals surface area contributed by atoms with Gasteiger partial charge in [0.25, 0.3) is 0 Å². The summed E-state index contributed by atoms with van der Waals surface area (Å²) in [6.07, 6.45) is 4.22. The van der Waals surface area contributed by atoms with Gasteiger partial charge in [0.05, 0.1) is 23.1 Å². The summed E-state index contributed by atoms with van der Waals surface area (Å²) in [5, 5.41) is 6.92. The molecule has 0 atom stereocenters. The molecule has 2 aromatic heterocycles. The topological polar surface area (TPSA) is 59.0 Å². The Labute approximate surface area is 141 Å². The molecule has 0 fully saturated rings. The number of nitrogens with one attached hydrogen (secondary N) is 2. The van der Waals surface area contributed by atoms with Gasteiger partial charge in [-0.15, -0.1) is 0 Å². The quantitative estimate of drug-likeness (QED) is 0.739. The lowest BCUT2D eigenvalue weighted by Gasteiger charge is -2.10. The number of amides is 2. The van der Waals surface area contributed by atoms with Crippen LogP contribution < -0.4 is 10.6 Å². The standard InChI is InChI=1S/C19H22N4O/c1-4-15-13(3)23(5-2)17-10-6-9-16(18(15)17)22-19(24)21-14-8-7-11-20-12-14/h6-12H,4-5H2,1-3H3,(H2,21,22,24). The summed E-state index contributed by atoms with van der Waals surface area (Å²) in [7, 11) is 0. The van der Waals surface area contributed by atoms with Crippen molar-refractivity contribution in [3.63, 3.8) is 0 Å². The predicted octanol–water partition coefficient (Wildman–Crippen LogP) is 4.57. The van der Waals surface area contributed by atoms with E-state index >= 15 is 0 Å². The molecule has 5 heteroatoms. The van der Waals surface area contributed by atoms with Gasteiger partial charge in [-0.3, -0.25) is 4.98 Å². The number of nitrogens with zero attached hydrogens (tertiary/aromatic N) is 2. The number of rotatable bonds is 4. The minimum atomic E-state index is -0.264. The lowest BCUT2D eigenvalue weighted by atomic mass is 10.1. The number of urea groups is 1. The number of aromatic nitrogens is 2. The first-order valence-electron chi connectivity index (χ1n) is 8.24. The maximum Gasteiger partial charge on any atom is 0.323 e. The van der Waals surface area contributed by atoms with Gasteiger partial charge in [0.1, 0.15) is 0 Å². The van der Waals surface area contributed by atoms with E-state index in [4.69, 9.17) is 0 Å². The molecule has 0 aliphatic rings. The normalized spacial score (nSPS) is 10.8. The van der Waals surface area contributed by atoms with Crippen molar-refractivity contribution in [1.82, 2.24) is 9.55 Å². The van der Waals surface area contributed by atoms with E-state index in [0.29, 0.717) is 5.69 Å². The molecule has 0 saturated heterocycles. The molecule has 0 spiro atoms. The Balaban J connectivity index is 1.96. The van der Waals surface area contributed by atoms with Gasteiger partial charge in [0.15, 0.2) is 0 Å². The van der Waals surface area contributed by atoms with Crippen LogP contribution in [0.3, 0.4) is 0 Å². The molecule has 2 amide bonds. The number of benzene rings is 1. The molecule has 3 rings (SSSR count). The number of pyridine rings is 1. The van der Waals surface area contributed by atoms with Crippen LogP contribution in [-0.4, -0.2) is 15.6 Å². The third-order valence-corrected chi connectivity index (χ3v) is 4.31. The van der Waals surface area contributed by atoms with Crippen molar-refractivity contribution in [3.05, 3.63) is 54.0 Å². The largest absolute Gasteiger partial charge is 0.345 e. The van der Waals surface area contributed by atoms with E-state index in [-0.39, 0.29) is 6.03 Å². The fourth-order valence-corrected chi connectivity index (χ4v) is 3.27. The molecule has 3 aromatic rings. The molecule has 124 valence electrons. The summed E-state index contributed by atoms with van der Waals surface area (Å²) in [6.45, 7) is 7.34. The summed E-state index contributed by atoms with van der Waals surface area (Å²) >= 11 is 0. The van der Waals surface area contributed by atoms with E-state index in [1.807, 2.05) is 18.2 Å². The maximum absolute atomic E-state index is 12.3. The molecular weight excluding hydrogens is 300 g/mol. The van der Waals surface area contributed by atoms with Crippen LogP contribution in [0.15, 0.2) is 42.7 Å². The third kappa shape index (κ3) is 2.85. The molecular formula is C19H22N4O. The average Bonchev–Trinajstić information content (AvgIpc) is 2.87. The molecule has 5 nitrogen and oxygen atoms in total. The van der Waals surface area contributed by atoms with E-state index in [9.17, 15) is 4.79 Å². The van der Waals surface area contributed by atoms with Crippen LogP contribution in [0.5, 0.6) is 0 Å². The zero-order valence-electron chi connectivity index (χ0n) is 14.3. The number of fused-ring (bicyclic) bond motifs is 1. The van der Waals surface area contributed by atoms with Crippen molar-refractivity contribution < 1.29 is 4.79 Å². The van der Waals surface area contributed by atoms with Gasteiger partial charge in [-0.1, -0.05) is 13.0 Å². The maximum atomic E-state index is 12.3. The van der Waals surface area contributed by atoms with E-state index < -0.39 is 0 Å². The zero-order chi connectivity index (χ0) is 17.1. The lowest BCUT2D eigenvalue weighted by molar-refractivity contribution is 0.262. The number of carbonyl (C=O) groups is 1. The highest BCUT2D eigenvalue weighted by molar-refractivity contribution is 6.07. The van der Waals surface area contributed by atoms with Gasteiger partial charge < -0.3 is 15.2 Å². The number of hydrogen-bond donors (Lipinski definition) is 2. The number of anilines is 2. The van der Waals surface area contributed by atoms with Crippen molar-refractivity contribution in [2.75, 3.05) is 10.6 Å². The number of aryl methyl sites for hydroxylation is 2. The van der Waals surface area contributed by atoms with Crippen LogP contribution in [0, 0.1) is 6.92 Å². The van der Waals surface area contributed by atoms with Crippen LogP contribution in [-0.2, 0) is 13.0 Å². The molecule has 2 heterocycles. The van der Waals surface area contributed by atoms with Crippen molar-refractivity contribution in [1.29, 1.82) is 0 Å². The van der Waals surface area contributed by atoms with Gasteiger partial charge in [0, 0.05) is 23.8 Å². The van der Waals surface area contributed by atoms with Crippen LogP contribution in [0.1, 0.15) is 25.1 Å². The van der Waals surface area contributed by atoms with Crippen LogP contribution in [0.4, 0.5) is 16.2 Å². The average molecular weight is 322 g/mol. The van der Waals surface area contributed by atoms with Gasteiger partial charge in [-0.25, -0.2) is 4.79 Å². The highest BCUT2D eigenvalue weighted by Gasteiger charge is 2.16. The van der Waals surface area contributed by atoms with E-state index in [2.05, 4.69) is 47.0 Å². The monoisotopic (exact) mass is 322 g/mol. The Hall–Kier alpha value is -2.82. The van der Waals surface area contributed by atoms with Crippen LogP contribution in [0.2, 0.25) is 0 Å². The highest BCUT2D eigenvalue weighted by atomic mass is 16.2. The Bertz CT molecular complexity index is 868. The molecule has 0 aliphatic carbocycles. The molecule has 2 N–H and O–H groups in total. The second-order valence-corrected chi connectivity index (χ2v) is 5.68.